The highest BCUT2D eigenvalue weighted by Crippen LogP contribution is 2.37. The number of hydrogen-bond acceptors (Lipinski definition) is 5. The quantitative estimate of drug-likeness (QED) is 0.293. The van der Waals surface area contributed by atoms with Crippen molar-refractivity contribution in [1.29, 1.82) is 0 Å². The maximum absolute atomic E-state index is 13.3. The third-order valence-electron chi connectivity index (χ3n) is 5.35. The van der Waals surface area contributed by atoms with E-state index in [4.69, 9.17) is 14.5 Å². The number of nitrogens with zero attached hydrogens (tertiary/aromatic N) is 3. The first kappa shape index (κ1) is 24.5. The highest BCUT2D eigenvalue weighted by Gasteiger charge is 2.17. The lowest BCUT2D eigenvalue weighted by Crippen LogP contribution is -2.23. The second kappa shape index (κ2) is 10.6. The number of methoxy groups -OCH3 is 1. The van der Waals surface area contributed by atoms with E-state index >= 15 is 0 Å². The number of hydrogen-bond donors (Lipinski definition) is 0. The van der Waals surface area contributed by atoms with E-state index in [9.17, 15) is 4.79 Å². The maximum atomic E-state index is 13.3. The van der Waals surface area contributed by atoms with Gasteiger partial charge in [-0.15, -0.1) is 0 Å². The number of fused-ring (bicyclic) bond motifs is 1. The molecule has 0 aliphatic carbocycles. The molecule has 0 unspecified atom stereocenters. The summed E-state index contributed by atoms with van der Waals surface area (Å²) in [5.41, 5.74) is 1.23. The molecule has 1 aromatic heterocycles. The molecule has 0 bridgehead atoms. The highest BCUT2D eigenvalue weighted by molar-refractivity contribution is 9.10. The number of benzene rings is 2. The lowest BCUT2D eigenvalue weighted by molar-refractivity contribution is 0.206. The van der Waals surface area contributed by atoms with Crippen molar-refractivity contribution in [3.63, 3.8) is 0 Å². The Hall–Kier alpha value is -2.19. The molecule has 170 valence electrons. The molecule has 0 N–H and O–H groups in total. The fourth-order valence-corrected chi connectivity index (χ4v) is 4.03. The summed E-state index contributed by atoms with van der Waals surface area (Å²) >= 11 is 7.01. The summed E-state index contributed by atoms with van der Waals surface area (Å²) < 4.78 is 14.5. The summed E-state index contributed by atoms with van der Waals surface area (Å²) in [7, 11) is 1.60. The molecule has 0 amide bonds. The molecule has 0 aliphatic heterocycles. The summed E-state index contributed by atoms with van der Waals surface area (Å²) in [6.45, 7) is 8.18. The zero-order valence-electron chi connectivity index (χ0n) is 18.9. The van der Waals surface area contributed by atoms with Crippen LogP contribution in [0.4, 0.5) is 0 Å². The van der Waals surface area contributed by atoms with Crippen LogP contribution >= 0.6 is 31.9 Å². The van der Waals surface area contributed by atoms with E-state index in [0.29, 0.717) is 28.2 Å². The Morgan fingerprint density at radius 1 is 1.16 bits per heavy atom. The Labute approximate surface area is 204 Å². The molecule has 0 fully saturated rings. The van der Waals surface area contributed by atoms with Gasteiger partial charge in [0.1, 0.15) is 5.82 Å². The van der Waals surface area contributed by atoms with Crippen LogP contribution in [-0.2, 0) is 0 Å². The first-order valence-corrected chi connectivity index (χ1v) is 12.2. The van der Waals surface area contributed by atoms with Gasteiger partial charge in [-0.1, -0.05) is 36.7 Å². The Bertz CT molecular complexity index is 1210. The van der Waals surface area contributed by atoms with E-state index in [2.05, 4.69) is 50.8 Å². The largest absolute Gasteiger partial charge is 0.493 e. The van der Waals surface area contributed by atoms with Crippen molar-refractivity contribution in [2.45, 2.75) is 52.6 Å². The molecule has 32 heavy (non-hydrogen) atoms. The monoisotopic (exact) mass is 563 g/mol. The molecule has 2 aromatic carbocycles. The van der Waals surface area contributed by atoms with E-state index in [0.717, 1.165) is 27.4 Å². The molecule has 3 aromatic rings. The van der Waals surface area contributed by atoms with Gasteiger partial charge in [-0.05, 0) is 71.6 Å². The molecule has 8 heteroatoms. The van der Waals surface area contributed by atoms with Crippen LogP contribution in [-0.4, -0.2) is 29.1 Å². The Morgan fingerprint density at radius 3 is 2.56 bits per heavy atom. The van der Waals surface area contributed by atoms with Crippen LogP contribution < -0.4 is 15.0 Å². The lowest BCUT2D eigenvalue weighted by Gasteiger charge is -2.17. The van der Waals surface area contributed by atoms with Crippen molar-refractivity contribution in [1.82, 2.24) is 9.66 Å². The van der Waals surface area contributed by atoms with Crippen molar-refractivity contribution in [3.05, 3.63) is 61.0 Å². The van der Waals surface area contributed by atoms with Crippen molar-refractivity contribution >= 4 is 49.0 Å². The number of aromatic nitrogens is 2. The molecule has 1 heterocycles. The molecule has 2 atom stereocenters. The molecule has 0 aliphatic rings. The molecular formula is C24H27Br2N3O3. The summed E-state index contributed by atoms with van der Waals surface area (Å²) in [4.78, 5) is 18.0. The van der Waals surface area contributed by atoms with Gasteiger partial charge in [-0.25, -0.2) is 4.98 Å². The second-order valence-electron chi connectivity index (χ2n) is 7.67. The van der Waals surface area contributed by atoms with Crippen molar-refractivity contribution in [2.75, 3.05) is 7.11 Å². The zero-order chi connectivity index (χ0) is 23.4. The van der Waals surface area contributed by atoms with Gasteiger partial charge in [0.2, 0.25) is 0 Å². The van der Waals surface area contributed by atoms with E-state index in [1.807, 2.05) is 38.1 Å². The smallest absolute Gasteiger partial charge is 0.282 e. The van der Waals surface area contributed by atoms with Crippen LogP contribution in [0.15, 0.2) is 49.2 Å². The van der Waals surface area contributed by atoms with Gasteiger partial charge in [-0.2, -0.15) is 9.78 Å². The van der Waals surface area contributed by atoms with Gasteiger partial charge in [0.15, 0.2) is 11.5 Å². The normalized spacial score (nSPS) is 13.5. The Balaban J connectivity index is 2.10. The van der Waals surface area contributed by atoms with Crippen LogP contribution in [0.3, 0.4) is 0 Å². The summed E-state index contributed by atoms with van der Waals surface area (Å²) in [5.74, 6) is 1.94. The van der Waals surface area contributed by atoms with Crippen LogP contribution in [0.5, 0.6) is 11.5 Å². The third kappa shape index (κ3) is 5.23. The topological polar surface area (TPSA) is 65.7 Å². The van der Waals surface area contributed by atoms with Gasteiger partial charge in [-0.3, -0.25) is 4.79 Å². The minimum Gasteiger partial charge on any atom is -0.493 e. The number of ether oxygens (including phenoxy) is 2. The average molecular weight is 565 g/mol. The van der Waals surface area contributed by atoms with Gasteiger partial charge in [0, 0.05) is 10.4 Å². The molecule has 3 rings (SSSR count). The van der Waals surface area contributed by atoms with Crippen LogP contribution in [0.25, 0.3) is 10.9 Å². The van der Waals surface area contributed by atoms with Gasteiger partial charge in [0.05, 0.1) is 34.8 Å². The Morgan fingerprint density at radius 2 is 1.91 bits per heavy atom. The number of halogens is 2. The molecule has 0 spiro atoms. The lowest BCUT2D eigenvalue weighted by atomic mass is 10.1. The maximum Gasteiger partial charge on any atom is 0.282 e. The molecule has 0 saturated heterocycles. The summed E-state index contributed by atoms with van der Waals surface area (Å²) in [6.07, 6.45) is 3.41. The number of rotatable bonds is 8. The Kier molecular flexibility index (Phi) is 8.11. The molecule has 6 nitrogen and oxygen atoms in total. The van der Waals surface area contributed by atoms with Crippen molar-refractivity contribution < 1.29 is 9.47 Å². The molecular weight excluding hydrogens is 538 g/mol. The molecule has 0 saturated carbocycles. The molecule has 0 radical (unpaired) electrons. The van der Waals surface area contributed by atoms with E-state index in [-0.39, 0.29) is 17.6 Å². The first-order valence-electron chi connectivity index (χ1n) is 10.6. The first-order chi connectivity index (χ1) is 15.3. The van der Waals surface area contributed by atoms with Crippen LogP contribution in [0.2, 0.25) is 0 Å². The minimum absolute atomic E-state index is 0.0550. The predicted octanol–water partition coefficient (Wildman–Crippen LogP) is 6.50. The van der Waals surface area contributed by atoms with Crippen LogP contribution in [0, 0.1) is 0 Å². The SMILES string of the molecule is CC[C@@H](C)Oc1c(Br)cc(C=Nn2c([C@@H](C)CC)nc3ccc(Br)cc3c2=O)cc1OC. The van der Waals surface area contributed by atoms with Gasteiger partial charge in [0.25, 0.3) is 5.56 Å². The second-order valence-corrected chi connectivity index (χ2v) is 9.44. The zero-order valence-corrected chi connectivity index (χ0v) is 22.0. The van der Waals surface area contributed by atoms with Crippen molar-refractivity contribution in [3.8, 4) is 11.5 Å². The fourth-order valence-electron chi connectivity index (χ4n) is 3.12. The summed E-state index contributed by atoms with van der Waals surface area (Å²) in [5, 5.41) is 5.05. The van der Waals surface area contributed by atoms with Crippen LogP contribution in [0.1, 0.15) is 57.8 Å². The summed E-state index contributed by atoms with van der Waals surface area (Å²) in [6, 6.07) is 9.24. The minimum atomic E-state index is -0.203. The average Bonchev–Trinajstić information content (AvgIpc) is 2.79. The standard InChI is InChI=1S/C24H27Br2N3O3/c1-6-14(3)23-28-20-9-8-17(25)12-18(20)24(30)29(23)27-13-16-10-19(26)22(21(11-16)31-5)32-15(4)7-2/h8-15H,6-7H2,1-5H3/t14-,15+/m0/s1. The van der Waals surface area contributed by atoms with E-state index < -0.39 is 0 Å². The highest BCUT2D eigenvalue weighted by atomic mass is 79.9. The third-order valence-corrected chi connectivity index (χ3v) is 6.44. The van der Waals surface area contributed by atoms with E-state index in [1.54, 1.807) is 19.4 Å². The van der Waals surface area contributed by atoms with Gasteiger partial charge < -0.3 is 9.47 Å². The predicted molar refractivity (Wildman–Crippen MR) is 136 cm³/mol. The van der Waals surface area contributed by atoms with Gasteiger partial charge >= 0.3 is 0 Å². The van der Waals surface area contributed by atoms with Crippen molar-refractivity contribution in [2.24, 2.45) is 5.10 Å². The van der Waals surface area contributed by atoms with E-state index in [1.165, 1.54) is 4.68 Å². The fraction of sp³-hybridized carbons (Fsp3) is 0.375.